The molecule has 0 aliphatic carbocycles. The Balaban J connectivity index is 3.40. The molecule has 0 rings (SSSR count). The summed E-state index contributed by atoms with van der Waals surface area (Å²) in [4.78, 5) is 20.7. The Kier molecular flexibility index (Phi) is 6.67. The van der Waals surface area contributed by atoms with Gasteiger partial charge in [-0.05, 0) is 19.3 Å². The quantitative estimate of drug-likeness (QED) is 0.338. The van der Waals surface area contributed by atoms with Crippen LogP contribution in [0.5, 0.6) is 0 Å². The number of hydrogen-bond acceptors (Lipinski definition) is 4. The van der Waals surface area contributed by atoms with Gasteiger partial charge >= 0.3 is 11.9 Å². The predicted molar refractivity (Wildman–Crippen MR) is 58.7 cm³/mol. The van der Waals surface area contributed by atoms with Gasteiger partial charge in [-0.2, -0.15) is 0 Å². The van der Waals surface area contributed by atoms with E-state index in [1.54, 1.807) is 0 Å². The van der Waals surface area contributed by atoms with Crippen molar-refractivity contribution < 1.29 is 19.8 Å². The van der Waals surface area contributed by atoms with Crippen molar-refractivity contribution in [3.63, 3.8) is 0 Å². The highest BCUT2D eigenvalue weighted by Crippen LogP contribution is 2.11. The highest BCUT2D eigenvalue weighted by Gasteiger charge is 2.27. The topological polar surface area (TPSA) is 127 Å². The van der Waals surface area contributed by atoms with Gasteiger partial charge in [-0.25, -0.2) is 4.79 Å². The summed E-state index contributed by atoms with van der Waals surface area (Å²) in [5.41, 5.74) is 9.04. The fourth-order valence-corrected chi connectivity index (χ4v) is 1.33. The zero-order chi connectivity index (χ0) is 12.6. The van der Waals surface area contributed by atoms with Gasteiger partial charge in [-0.1, -0.05) is 19.3 Å². The van der Waals surface area contributed by atoms with Crippen molar-refractivity contribution in [3.8, 4) is 0 Å². The summed E-state index contributed by atoms with van der Waals surface area (Å²) >= 11 is 0. The molecule has 0 saturated heterocycles. The van der Waals surface area contributed by atoms with Crippen LogP contribution in [-0.4, -0.2) is 27.8 Å². The molecule has 6 N–H and O–H groups in total. The first-order valence-corrected chi connectivity index (χ1v) is 5.39. The van der Waals surface area contributed by atoms with E-state index >= 15 is 0 Å². The fourth-order valence-electron chi connectivity index (χ4n) is 1.33. The van der Waals surface area contributed by atoms with Crippen LogP contribution in [-0.2, 0) is 9.59 Å². The highest BCUT2D eigenvalue weighted by molar-refractivity contribution is 5.77. The van der Waals surface area contributed by atoms with Crippen LogP contribution in [0.4, 0.5) is 0 Å². The zero-order valence-corrected chi connectivity index (χ0v) is 9.32. The van der Waals surface area contributed by atoms with Crippen LogP contribution >= 0.6 is 0 Å². The largest absolute Gasteiger partial charge is 0.481 e. The van der Waals surface area contributed by atoms with E-state index in [2.05, 4.69) is 0 Å². The second kappa shape index (κ2) is 7.19. The van der Waals surface area contributed by atoms with E-state index in [9.17, 15) is 9.59 Å². The molecular formula is C10H20N2O4. The molecule has 0 aromatic carbocycles. The number of carboxylic acids is 2. The summed E-state index contributed by atoms with van der Waals surface area (Å²) in [7, 11) is 0. The molecule has 0 heterocycles. The van der Waals surface area contributed by atoms with Gasteiger partial charge in [-0.15, -0.1) is 0 Å². The molecule has 6 heteroatoms. The van der Waals surface area contributed by atoms with Crippen LogP contribution in [0.25, 0.3) is 0 Å². The van der Waals surface area contributed by atoms with Crippen molar-refractivity contribution in [1.82, 2.24) is 0 Å². The lowest BCUT2D eigenvalue weighted by Gasteiger charge is -2.18. The lowest BCUT2D eigenvalue weighted by molar-refractivity contribution is -0.143. The molecule has 0 amide bonds. The first kappa shape index (κ1) is 14.9. The van der Waals surface area contributed by atoms with Gasteiger partial charge in [0, 0.05) is 6.42 Å². The normalized spacial score (nSPS) is 11.4. The molecule has 6 nitrogen and oxygen atoms in total. The van der Waals surface area contributed by atoms with E-state index in [0.717, 1.165) is 19.3 Å². The van der Waals surface area contributed by atoms with Crippen LogP contribution in [0.15, 0.2) is 0 Å². The van der Waals surface area contributed by atoms with Crippen LogP contribution in [0, 0.1) is 0 Å². The van der Waals surface area contributed by atoms with Crippen LogP contribution in [0.2, 0.25) is 0 Å². The molecule has 16 heavy (non-hydrogen) atoms. The molecule has 0 saturated carbocycles. The lowest BCUT2D eigenvalue weighted by atomic mass is 10.0. The van der Waals surface area contributed by atoms with E-state index < -0.39 is 17.6 Å². The maximum atomic E-state index is 10.5. The molecule has 0 bridgehead atoms. The second-order valence-electron chi connectivity index (χ2n) is 4.01. The minimum Gasteiger partial charge on any atom is -0.481 e. The Hall–Kier alpha value is -1.14. The number of carbonyl (C=O) groups is 2. The van der Waals surface area contributed by atoms with Gasteiger partial charge in [0.15, 0.2) is 5.66 Å². The molecule has 0 aliphatic heterocycles. The minimum atomic E-state index is -1.64. The summed E-state index contributed by atoms with van der Waals surface area (Å²) in [5, 5.41) is 17.0. The van der Waals surface area contributed by atoms with Gasteiger partial charge in [0.2, 0.25) is 0 Å². The standard InChI is InChI=1S/C10H20N2O4/c11-10(12,9(15)16)7-5-3-1-2-4-6-8(13)14/h1-7,11-12H2,(H,13,14)(H,15,16). The first-order chi connectivity index (χ1) is 7.36. The maximum Gasteiger partial charge on any atom is 0.338 e. The molecular weight excluding hydrogens is 212 g/mol. The van der Waals surface area contributed by atoms with Crippen molar-refractivity contribution in [3.05, 3.63) is 0 Å². The van der Waals surface area contributed by atoms with Crippen LogP contribution < -0.4 is 11.5 Å². The zero-order valence-electron chi connectivity index (χ0n) is 9.32. The summed E-state index contributed by atoms with van der Waals surface area (Å²) in [6.07, 6.45) is 4.26. The van der Waals surface area contributed by atoms with Crippen molar-refractivity contribution in [2.45, 2.75) is 50.6 Å². The Morgan fingerprint density at radius 1 is 0.938 bits per heavy atom. The predicted octanol–water partition coefficient (Wildman–Crippen LogP) is 0.500. The van der Waals surface area contributed by atoms with Gasteiger partial charge in [0.25, 0.3) is 0 Å². The lowest BCUT2D eigenvalue weighted by Crippen LogP contribution is -2.56. The minimum absolute atomic E-state index is 0.187. The summed E-state index contributed by atoms with van der Waals surface area (Å²) in [5.74, 6) is -1.98. The maximum absolute atomic E-state index is 10.5. The van der Waals surface area contributed by atoms with E-state index in [1.165, 1.54) is 0 Å². The molecule has 0 unspecified atom stereocenters. The summed E-state index contributed by atoms with van der Waals surface area (Å²) in [6, 6.07) is 0. The van der Waals surface area contributed by atoms with Gasteiger partial charge in [0.05, 0.1) is 0 Å². The fraction of sp³-hybridized carbons (Fsp3) is 0.800. The Morgan fingerprint density at radius 2 is 1.44 bits per heavy atom. The number of nitrogens with two attached hydrogens (primary N) is 2. The van der Waals surface area contributed by atoms with Crippen molar-refractivity contribution >= 4 is 11.9 Å². The third-order valence-corrected chi connectivity index (χ3v) is 2.38. The number of hydrogen-bond donors (Lipinski definition) is 4. The summed E-state index contributed by atoms with van der Waals surface area (Å²) in [6.45, 7) is 0. The van der Waals surface area contributed by atoms with E-state index in [-0.39, 0.29) is 12.8 Å². The van der Waals surface area contributed by atoms with Crippen molar-refractivity contribution in [2.75, 3.05) is 0 Å². The van der Waals surface area contributed by atoms with Gasteiger partial charge in [-0.3, -0.25) is 4.79 Å². The Morgan fingerprint density at radius 3 is 1.94 bits per heavy atom. The Bertz CT molecular complexity index is 241. The molecule has 0 aromatic rings. The molecule has 0 aromatic heterocycles. The summed E-state index contributed by atoms with van der Waals surface area (Å²) < 4.78 is 0. The van der Waals surface area contributed by atoms with Gasteiger partial charge < -0.3 is 21.7 Å². The smallest absolute Gasteiger partial charge is 0.338 e. The number of rotatable bonds is 9. The van der Waals surface area contributed by atoms with Gasteiger partial charge in [0.1, 0.15) is 0 Å². The van der Waals surface area contributed by atoms with Crippen molar-refractivity contribution in [1.29, 1.82) is 0 Å². The van der Waals surface area contributed by atoms with E-state index in [1.807, 2.05) is 0 Å². The highest BCUT2D eigenvalue weighted by atomic mass is 16.4. The van der Waals surface area contributed by atoms with Crippen LogP contribution in [0.3, 0.4) is 0 Å². The number of carboxylic acid groups (broad SMARTS) is 2. The average Bonchev–Trinajstić information content (AvgIpc) is 2.15. The third kappa shape index (κ3) is 7.19. The van der Waals surface area contributed by atoms with E-state index in [4.69, 9.17) is 21.7 Å². The molecule has 0 fully saturated rings. The number of unbranched alkanes of at least 4 members (excludes halogenated alkanes) is 4. The molecule has 94 valence electrons. The molecule has 0 radical (unpaired) electrons. The third-order valence-electron chi connectivity index (χ3n) is 2.38. The molecule has 0 atom stereocenters. The molecule has 0 aliphatic rings. The first-order valence-electron chi connectivity index (χ1n) is 5.39. The van der Waals surface area contributed by atoms with Crippen molar-refractivity contribution in [2.24, 2.45) is 11.5 Å². The number of aliphatic carboxylic acids is 2. The molecule has 0 spiro atoms. The second-order valence-corrected chi connectivity index (χ2v) is 4.01. The Labute approximate surface area is 94.6 Å². The van der Waals surface area contributed by atoms with E-state index in [0.29, 0.717) is 12.8 Å². The van der Waals surface area contributed by atoms with Crippen LogP contribution in [0.1, 0.15) is 44.9 Å². The SMILES string of the molecule is NC(N)(CCCCCCCC(=O)O)C(=O)O. The monoisotopic (exact) mass is 232 g/mol. The average molecular weight is 232 g/mol.